The summed E-state index contributed by atoms with van der Waals surface area (Å²) < 4.78 is 9.95. The highest BCUT2D eigenvalue weighted by Gasteiger charge is 2.11. The van der Waals surface area contributed by atoms with Crippen molar-refractivity contribution in [3.8, 4) is 0 Å². The molecule has 1 unspecified atom stereocenters. The summed E-state index contributed by atoms with van der Waals surface area (Å²) in [5.41, 5.74) is 3.56. The summed E-state index contributed by atoms with van der Waals surface area (Å²) in [5, 5.41) is 0. The highest BCUT2D eigenvalue weighted by molar-refractivity contribution is 5.53. The zero-order valence-corrected chi connectivity index (χ0v) is 17.1. The van der Waals surface area contributed by atoms with Crippen molar-refractivity contribution in [2.75, 3.05) is 7.11 Å². The van der Waals surface area contributed by atoms with E-state index >= 15 is 0 Å². The van der Waals surface area contributed by atoms with Crippen LogP contribution >= 0.6 is 0 Å². The van der Waals surface area contributed by atoms with E-state index in [1.165, 1.54) is 13.5 Å². The van der Waals surface area contributed by atoms with E-state index in [9.17, 15) is 4.79 Å². The Morgan fingerprint density at radius 1 is 1.04 bits per heavy atom. The first-order chi connectivity index (χ1) is 12.2. The van der Waals surface area contributed by atoms with Gasteiger partial charge < -0.3 is 9.47 Å². The molecule has 0 aliphatic rings. The molecule has 0 aromatic heterocycles. The van der Waals surface area contributed by atoms with Gasteiger partial charge in [-0.3, -0.25) is 4.79 Å². The Morgan fingerprint density at radius 2 is 1.65 bits per heavy atom. The van der Waals surface area contributed by atoms with Crippen molar-refractivity contribution in [3.05, 3.63) is 72.3 Å². The Bertz CT molecular complexity index is 603. The minimum absolute atomic E-state index is 0.216. The van der Waals surface area contributed by atoms with Crippen LogP contribution < -0.4 is 0 Å². The topological polar surface area (TPSA) is 35.5 Å². The third-order valence-electron chi connectivity index (χ3n) is 4.33. The fourth-order valence-corrected chi connectivity index (χ4v) is 2.32. The molecule has 0 fully saturated rings. The standard InChI is InChI=1S/C23H34O3/c1-10-22(13-18(5)17(4)12-11-16(2)3)20(7)19(6)14-23(26-15-24)21(8)25-9/h13-17H,5-8,10-12H2,1-4,9H3/b22-13-,23-14+. The molecule has 0 aliphatic heterocycles. The van der Waals surface area contributed by atoms with E-state index in [0.717, 1.165) is 29.6 Å². The van der Waals surface area contributed by atoms with Gasteiger partial charge in [0.1, 0.15) is 0 Å². The summed E-state index contributed by atoms with van der Waals surface area (Å²) in [5.74, 6) is 1.57. The van der Waals surface area contributed by atoms with Gasteiger partial charge in [0.25, 0.3) is 6.47 Å². The van der Waals surface area contributed by atoms with Gasteiger partial charge in [0.15, 0.2) is 11.5 Å². The Morgan fingerprint density at radius 3 is 2.12 bits per heavy atom. The van der Waals surface area contributed by atoms with Crippen LogP contribution in [0.5, 0.6) is 0 Å². The number of carbonyl (C=O) groups is 1. The van der Waals surface area contributed by atoms with Crippen molar-refractivity contribution >= 4 is 6.47 Å². The Hall–Kier alpha value is -2.29. The number of carbonyl (C=O) groups excluding carboxylic acids is 1. The summed E-state index contributed by atoms with van der Waals surface area (Å²) >= 11 is 0. The average Bonchev–Trinajstić information content (AvgIpc) is 2.61. The molecule has 0 N–H and O–H groups in total. The van der Waals surface area contributed by atoms with Gasteiger partial charge in [0.05, 0.1) is 7.11 Å². The second-order valence-corrected chi connectivity index (χ2v) is 6.82. The van der Waals surface area contributed by atoms with Gasteiger partial charge in [-0.1, -0.05) is 72.1 Å². The van der Waals surface area contributed by atoms with Crippen molar-refractivity contribution in [2.24, 2.45) is 11.8 Å². The average molecular weight is 359 g/mol. The lowest BCUT2D eigenvalue weighted by atomic mass is 9.89. The number of rotatable bonds is 13. The van der Waals surface area contributed by atoms with Gasteiger partial charge in [-0.2, -0.15) is 0 Å². The molecule has 0 aromatic rings. The van der Waals surface area contributed by atoms with E-state index in [1.54, 1.807) is 6.08 Å². The quantitative estimate of drug-likeness (QED) is 0.221. The monoisotopic (exact) mass is 358 g/mol. The van der Waals surface area contributed by atoms with Crippen LogP contribution in [0.25, 0.3) is 0 Å². The summed E-state index contributed by atoms with van der Waals surface area (Å²) in [4.78, 5) is 10.7. The number of methoxy groups -OCH3 is 1. The molecule has 0 spiro atoms. The van der Waals surface area contributed by atoms with Crippen LogP contribution in [-0.2, 0) is 14.3 Å². The molecule has 144 valence electrons. The fourth-order valence-electron chi connectivity index (χ4n) is 2.32. The second kappa shape index (κ2) is 12.1. The molecule has 0 saturated carbocycles. The Balaban J connectivity index is 5.32. The Kier molecular flexibility index (Phi) is 11.1. The van der Waals surface area contributed by atoms with Crippen LogP contribution in [-0.4, -0.2) is 13.6 Å². The van der Waals surface area contributed by atoms with Gasteiger partial charge in [0.2, 0.25) is 0 Å². The molecule has 26 heavy (non-hydrogen) atoms. The predicted octanol–water partition coefficient (Wildman–Crippen LogP) is 6.28. The third kappa shape index (κ3) is 8.19. The highest BCUT2D eigenvalue weighted by atomic mass is 16.5. The molecule has 3 nitrogen and oxygen atoms in total. The number of hydrogen-bond donors (Lipinski definition) is 0. The van der Waals surface area contributed by atoms with Crippen molar-refractivity contribution in [2.45, 2.75) is 47.0 Å². The maximum Gasteiger partial charge on any atom is 0.298 e. The molecule has 0 heterocycles. The summed E-state index contributed by atoms with van der Waals surface area (Å²) in [6.07, 6.45) is 6.80. The van der Waals surface area contributed by atoms with E-state index in [0.29, 0.717) is 23.9 Å². The van der Waals surface area contributed by atoms with Gasteiger partial charge in [0, 0.05) is 0 Å². The van der Waals surface area contributed by atoms with Crippen LogP contribution in [0.4, 0.5) is 0 Å². The number of hydrogen-bond acceptors (Lipinski definition) is 3. The second-order valence-electron chi connectivity index (χ2n) is 6.82. The molecule has 3 heteroatoms. The zero-order chi connectivity index (χ0) is 20.3. The van der Waals surface area contributed by atoms with E-state index in [-0.39, 0.29) is 11.5 Å². The summed E-state index contributed by atoms with van der Waals surface area (Å²) in [6.45, 7) is 25.2. The zero-order valence-electron chi connectivity index (χ0n) is 17.1. The molecule has 0 radical (unpaired) electrons. The van der Waals surface area contributed by atoms with Crippen LogP contribution in [0.2, 0.25) is 0 Å². The molecular weight excluding hydrogens is 324 g/mol. The molecule has 0 amide bonds. The molecule has 0 rings (SSSR count). The molecule has 1 atom stereocenters. The fraction of sp³-hybridized carbons (Fsp3) is 0.435. The third-order valence-corrected chi connectivity index (χ3v) is 4.33. The first-order valence-corrected chi connectivity index (χ1v) is 9.00. The summed E-state index contributed by atoms with van der Waals surface area (Å²) in [7, 11) is 1.46. The first kappa shape index (κ1) is 23.7. The summed E-state index contributed by atoms with van der Waals surface area (Å²) in [6, 6.07) is 0. The normalized spacial score (nSPS) is 13.2. The molecular formula is C23H34O3. The van der Waals surface area contributed by atoms with E-state index in [2.05, 4.69) is 60.1 Å². The van der Waals surface area contributed by atoms with Crippen LogP contribution in [0, 0.1) is 11.8 Å². The maximum atomic E-state index is 10.7. The van der Waals surface area contributed by atoms with E-state index in [1.807, 2.05) is 0 Å². The number of allylic oxidation sites excluding steroid dienone is 6. The smallest absolute Gasteiger partial charge is 0.298 e. The Labute approximate surface area is 159 Å². The van der Waals surface area contributed by atoms with Crippen LogP contribution in [0.15, 0.2) is 72.3 Å². The molecule has 0 bridgehead atoms. The molecule has 0 aliphatic carbocycles. The van der Waals surface area contributed by atoms with Crippen molar-refractivity contribution in [3.63, 3.8) is 0 Å². The maximum absolute atomic E-state index is 10.7. The SMILES string of the molecule is C=C(/C=C(/OC=O)C(=C)OC)C(=C)/C(=C\C(=C)C(C)CCC(C)C)CC. The lowest BCUT2D eigenvalue weighted by Gasteiger charge is -2.16. The molecule has 0 aromatic carbocycles. The first-order valence-electron chi connectivity index (χ1n) is 9.00. The van der Waals surface area contributed by atoms with Gasteiger partial charge in [-0.05, 0) is 47.5 Å². The lowest BCUT2D eigenvalue weighted by molar-refractivity contribution is -0.125. The van der Waals surface area contributed by atoms with E-state index < -0.39 is 0 Å². The number of ether oxygens (including phenoxy) is 2. The molecule has 0 saturated heterocycles. The van der Waals surface area contributed by atoms with E-state index in [4.69, 9.17) is 9.47 Å². The van der Waals surface area contributed by atoms with Crippen LogP contribution in [0.1, 0.15) is 47.0 Å². The largest absolute Gasteiger partial charge is 0.493 e. The minimum atomic E-state index is 0.216. The van der Waals surface area contributed by atoms with Gasteiger partial charge >= 0.3 is 0 Å². The lowest BCUT2D eigenvalue weighted by Crippen LogP contribution is -2.01. The minimum Gasteiger partial charge on any atom is -0.493 e. The van der Waals surface area contributed by atoms with Gasteiger partial charge in [-0.15, -0.1) is 0 Å². The van der Waals surface area contributed by atoms with Crippen molar-refractivity contribution in [1.29, 1.82) is 0 Å². The van der Waals surface area contributed by atoms with Crippen molar-refractivity contribution in [1.82, 2.24) is 0 Å². The predicted molar refractivity (Wildman–Crippen MR) is 110 cm³/mol. The van der Waals surface area contributed by atoms with Crippen LogP contribution in [0.3, 0.4) is 0 Å². The van der Waals surface area contributed by atoms with Gasteiger partial charge in [-0.25, -0.2) is 0 Å². The highest BCUT2D eigenvalue weighted by Crippen LogP contribution is 2.27. The van der Waals surface area contributed by atoms with Crippen molar-refractivity contribution < 1.29 is 14.3 Å².